The molecular weight excluding hydrogens is 310 g/mol. The molecule has 2 heterocycles. The number of carbonyl (C=O) groups excluding carboxylic acids is 1. The quantitative estimate of drug-likeness (QED) is 0.861. The van der Waals surface area contributed by atoms with Crippen molar-refractivity contribution < 1.29 is 4.79 Å². The average molecular weight is 340 g/mol. The van der Waals surface area contributed by atoms with Gasteiger partial charge in [0.15, 0.2) is 0 Å². The lowest BCUT2D eigenvalue weighted by molar-refractivity contribution is 0.217. The summed E-state index contributed by atoms with van der Waals surface area (Å²) in [6.45, 7) is 6.97. The Morgan fingerprint density at radius 1 is 1.48 bits per heavy atom. The van der Waals surface area contributed by atoms with Crippen LogP contribution >= 0.6 is 11.8 Å². The third kappa shape index (κ3) is 5.42. The number of nitrogens with one attached hydrogen (secondary N) is 1. The average Bonchev–Trinajstić information content (AvgIpc) is 2.81. The molecule has 0 aliphatic carbocycles. The SMILES string of the molecule is CS[C@@H](C)CCN1CCCn2nc(CNC(=O)N(C)C)cc2C1. The maximum absolute atomic E-state index is 11.6. The fraction of sp³-hybridized carbons (Fsp3) is 0.750. The first-order valence-electron chi connectivity index (χ1n) is 8.25. The van der Waals surface area contributed by atoms with Crippen LogP contribution in [0.15, 0.2) is 6.07 Å². The van der Waals surface area contributed by atoms with Gasteiger partial charge in [0.2, 0.25) is 0 Å². The number of carbonyl (C=O) groups is 1. The lowest BCUT2D eigenvalue weighted by Gasteiger charge is -2.21. The van der Waals surface area contributed by atoms with Crippen molar-refractivity contribution in [2.45, 2.75) is 44.6 Å². The Balaban J connectivity index is 1.92. The molecule has 0 saturated carbocycles. The largest absolute Gasteiger partial charge is 0.332 e. The van der Waals surface area contributed by atoms with Crippen molar-refractivity contribution >= 4 is 17.8 Å². The molecule has 1 aliphatic heterocycles. The lowest BCUT2D eigenvalue weighted by atomic mass is 10.2. The molecule has 7 heteroatoms. The summed E-state index contributed by atoms with van der Waals surface area (Å²) in [5.74, 6) is 0. The van der Waals surface area contributed by atoms with E-state index in [-0.39, 0.29) is 6.03 Å². The van der Waals surface area contributed by atoms with E-state index in [1.807, 2.05) is 11.8 Å². The van der Waals surface area contributed by atoms with Crippen molar-refractivity contribution in [3.63, 3.8) is 0 Å². The molecule has 1 atom stereocenters. The smallest absolute Gasteiger partial charge is 0.317 e. The van der Waals surface area contributed by atoms with Gasteiger partial charge in [-0.1, -0.05) is 6.92 Å². The molecule has 0 fully saturated rings. The highest BCUT2D eigenvalue weighted by atomic mass is 32.2. The van der Waals surface area contributed by atoms with E-state index in [9.17, 15) is 4.79 Å². The van der Waals surface area contributed by atoms with Crippen LogP contribution in [-0.4, -0.2) is 64.3 Å². The van der Waals surface area contributed by atoms with Gasteiger partial charge in [-0.15, -0.1) is 0 Å². The van der Waals surface area contributed by atoms with Crippen LogP contribution in [0.5, 0.6) is 0 Å². The minimum absolute atomic E-state index is 0.0825. The van der Waals surface area contributed by atoms with Gasteiger partial charge in [0.05, 0.1) is 17.9 Å². The number of aromatic nitrogens is 2. The number of amides is 2. The predicted octanol–water partition coefficient (Wildman–Crippen LogP) is 2.00. The molecular formula is C16H29N5OS. The van der Waals surface area contributed by atoms with E-state index in [1.54, 1.807) is 14.1 Å². The van der Waals surface area contributed by atoms with Crippen molar-refractivity contribution in [1.29, 1.82) is 0 Å². The van der Waals surface area contributed by atoms with E-state index in [1.165, 1.54) is 17.0 Å². The standard InChI is InChI=1S/C16H29N5OS/c1-13(23-4)6-9-20-7-5-8-21-15(12-20)10-14(18-21)11-17-16(22)19(2)3/h10,13H,5-9,11-12H2,1-4H3,(H,17,22)/t13-/m0/s1. The van der Waals surface area contributed by atoms with Crippen molar-refractivity contribution in [2.75, 3.05) is 33.4 Å². The van der Waals surface area contributed by atoms with Crippen molar-refractivity contribution in [2.24, 2.45) is 0 Å². The minimum atomic E-state index is -0.0825. The molecule has 1 N–H and O–H groups in total. The van der Waals surface area contributed by atoms with Gasteiger partial charge in [-0.05, 0) is 31.7 Å². The number of rotatable bonds is 6. The van der Waals surface area contributed by atoms with Crippen LogP contribution in [0.2, 0.25) is 0 Å². The van der Waals surface area contributed by atoms with E-state index in [0.29, 0.717) is 11.8 Å². The number of hydrogen-bond donors (Lipinski definition) is 1. The van der Waals surface area contributed by atoms with Gasteiger partial charge in [-0.3, -0.25) is 9.58 Å². The summed E-state index contributed by atoms with van der Waals surface area (Å²) in [6.07, 6.45) is 4.53. The summed E-state index contributed by atoms with van der Waals surface area (Å²) in [4.78, 5) is 15.7. The molecule has 1 aromatic heterocycles. The number of fused-ring (bicyclic) bond motifs is 1. The zero-order valence-electron chi connectivity index (χ0n) is 14.7. The second kappa shape index (κ2) is 8.59. The van der Waals surface area contributed by atoms with Crippen LogP contribution in [0.25, 0.3) is 0 Å². The highest BCUT2D eigenvalue weighted by Crippen LogP contribution is 2.16. The third-order valence-electron chi connectivity index (χ3n) is 4.22. The van der Waals surface area contributed by atoms with Crippen LogP contribution < -0.4 is 5.32 Å². The van der Waals surface area contributed by atoms with Crippen LogP contribution in [0.3, 0.4) is 0 Å². The molecule has 0 aromatic carbocycles. The maximum atomic E-state index is 11.6. The van der Waals surface area contributed by atoms with E-state index < -0.39 is 0 Å². The molecule has 130 valence electrons. The van der Waals surface area contributed by atoms with Gasteiger partial charge in [0.1, 0.15) is 0 Å². The summed E-state index contributed by atoms with van der Waals surface area (Å²) < 4.78 is 2.11. The second-order valence-electron chi connectivity index (χ2n) is 6.37. The molecule has 2 amide bonds. The Morgan fingerprint density at radius 3 is 2.96 bits per heavy atom. The number of thioether (sulfide) groups is 1. The number of urea groups is 1. The lowest BCUT2D eigenvalue weighted by Crippen LogP contribution is -2.34. The Morgan fingerprint density at radius 2 is 2.26 bits per heavy atom. The summed E-state index contributed by atoms with van der Waals surface area (Å²) >= 11 is 1.93. The predicted molar refractivity (Wildman–Crippen MR) is 95.6 cm³/mol. The zero-order valence-corrected chi connectivity index (χ0v) is 15.5. The Hall–Kier alpha value is -1.21. The van der Waals surface area contributed by atoms with Crippen LogP contribution in [0.1, 0.15) is 31.2 Å². The molecule has 0 radical (unpaired) electrons. The van der Waals surface area contributed by atoms with Crippen LogP contribution in [0.4, 0.5) is 4.79 Å². The van der Waals surface area contributed by atoms with Gasteiger partial charge >= 0.3 is 6.03 Å². The van der Waals surface area contributed by atoms with Crippen molar-refractivity contribution in [3.05, 3.63) is 17.5 Å². The first-order chi connectivity index (χ1) is 11.0. The Labute approximate surface area is 143 Å². The van der Waals surface area contributed by atoms with Gasteiger partial charge in [0, 0.05) is 39.0 Å². The molecule has 1 aromatic rings. The summed E-state index contributed by atoms with van der Waals surface area (Å²) in [5, 5.41) is 8.23. The molecule has 0 spiro atoms. The number of nitrogens with zero attached hydrogens (tertiary/aromatic N) is 4. The highest BCUT2D eigenvalue weighted by Gasteiger charge is 2.17. The van der Waals surface area contributed by atoms with E-state index in [4.69, 9.17) is 0 Å². The van der Waals surface area contributed by atoms with Crippen LogP contribution in [0, 0.1) is 0 Å². The number of aryl methyl sites for hydroxylation is 1. The molecule has 6 nitrogen and oxygen atoms in total. The molecule has 23 heavy (non-hydrogen) atoms. The van der Waals surface area contributed by atoms with E-state index in [0.717, 1.165) is 38.3 Å². The molecule has 0 bridgehead atoms. The van der Waals surface area contributed by atoms with Crippen molar-refractivity contribution in [3.8, 4) is 0 Å². The Bertz CT molecular complexity index is 517. The maximum Gasteiger partial charge on any atom is 0.317 e. The second-order valence-corrected chi connectivity index (χ2v) is 7.64. The van der Waals surface area contributed by atoms with Gasteiger partial charge in [-0.2, -0.15) is 16.9 Å². The van der Waals surface area contributed by atoms with Crippen molar-refractivity contribution in [1.82, 2.24) is 24.9 Å². The highest BCUT2D eigenvalue weighted by molar-refractivity contribution is 7.99. The molecule has 0 saturated heterocycles. The van der Waals surface area contributed by atoms with Gasteiger partial charge in [-0.25, -0.2) is 4.79 Å². The van der Waals surface area contributed by atoms with Crippen LogP contribution in [-0.2, 0) is 19.6 Å². The fourth-order valence-corrected chi connectivity index (χ4v) is 3.01. The molecule has 0 unspecified atom stereocenters. The Kier molecular flexibility index (Phi) is 6.77. The topological polar surface area (TPSA) is 53.4 Å². The minimum Gasteiger partial charge on any atom is -0.332 e. The van der Waals surface area contributed by atoms with E-state index >= 15 is 0 Å². The summed E-state index contributed by atoms with van der Waals surface area (Å²) in [6, 6.07) is 2.05. The number of hydrogen-bond acceptors (Lipinski definition) is 4. The first kappa shape index (κ1) is 18.1. The van der Waals surface area contributed by atoms with Gasteiger partial charge in [0.25, 0.3) is 0 Å². The zero-order chi connectivity index (χ0) is 16.8. The monoisotopic (exact) mass is 339 g/mol. The third-order valence-corrected chi connectivity index (χ3v) is 5.27. The summed E-state index contributed by atoms with van der Waals surface area (Å²) in [7, 11) is 3.48. The normalized spacial score (nSPS) is 16.5. The first-order valence-corrected chi connectivity index (χ1v) is 9.54. The van der Waals surface area contributed by atoms with E-state index in [2.05, 4.69) is 39.2 Å². The fourth-order valence-electron chi connectivity index (χ4n) is 2.67. The summed E-state index contributed by atoms with van der Waals surface area (Å²) in [5.41, 5.74) is 2.20. The molecule has 1 aliphatic rings. The molecule has 2 rings (SSSR count). The van der Waals surface area contributed by atoms with Gasteiger partial charge < -0.3 is 10.2 Å².